The minimum Gasteiger partial charge on any atom is -0.479 e. The Morgan fingerprint density at radius 3 is 2.34 bits per heavy atom. The summed E-state index contributed by atoms with van der Waals surface area (Å²) in [5, 5.41) is 16.5. The molecule has 2 amide bonds. The molecule has 0 spiro atoms. The molecule has 1 saturated heterocycles. The average molecular weight is 493 g/mol. The van der Waals surface area contributed by atoms with E-state index in [1.165, 1.54) is 11.3 Å². The van der Waals surface area contributed by atoms with E-state index in [4.69, 9.17) is 9.47 Å². The van der Waals surface area contributed by atoms with Crippen molar-refractivity contribution in [1.82, 2.24) is 10.6 Å². The number of amides is 2. The van der Waals surface area contributed by atoms with E-state index in [-0.39, 0.29) is 19.1 Å². The second-order valence-electron chi connectivity index (χ2n) is 8.45. The van der Waals surface area contributed by atoms with Crippen LogP contribution in [0.4, 0.5) is 4.79 Å². The summed E-state index contributed by atoms with van der Waals surface area (Å²) in [5.74, 6) is -1.75. The first kappa shape index (κ1) is 23.1. The minimum atomic E-state index is -1.13. The molecular weight excluding hydrogens is 468 g/mol. The lowest BCUT2D eigenvalue weighted by molar-refractivity contribution is -0.148. The SMILES string of the molecule is O=C(NC(C(=O)N[C@@H]1CCO[C@@H]1C(=O)O)c1cccs1)OCC1c2ccccc2-c2ccccc21. The first-order valence-corrected chi connectivity index (χ1v) is 12.2. The fraction of sp³-hybridized carbons (Fsp3) is 0.269. The van der Waals surface area contributed by atoms with Crippen molar-refractivity contribution in [3.63, 3.8) is 0 Å². The van der Waals surface area contributed by atoms with Crippen molar-refractivity contribution < 1.29 is 29.0 Å². The van der Waals surface area contributed by atoms with Crippen molar-refractivity contribution in [2.75, 3.05) is 13.2 Å². The number of benzene rings is 2. The molecule has 0 saturated carbocycles. The van der Waals surface area contributed by atoms with Crippen molar-refractivity contribution >= 4 is 29.3 Å². The first-order valence-electron chi connectivity index (χ1n) is 11.3. The third-order valence-corrected chi connectivity index (χ3v) is 7.30. The Labute approximate surface area is 205 Å². The summed E-state index contributed by atoms with van der Waals surface area (Å²) in [6, 6.07) is 17.9. The summed E-state index contributed by atoms with van der Waals surface area (Å²) >= 11 is 1.31. The number of thiophene rings is 1. The molecule has 9 heteroatoms. The topological polar surface area (TPSA) is 114 Å². The van der Waals surface area contributed by atoms with E-state index in [1.54, 1.807) is 17.5 Å². The highest BCUT2D eigenvalue weighted by atomic mass is 32.1. The Hall–Kier alpha value is -3.69. The number of rotatable bonds is 7. The fourth-order valence-electron chi connectivity index (χ4n) is 4.73. The predicted octanol–water partition coefficient (Wildman–Crippen LogP) is 3.69. The molecule has 2 heterocycles. The highest BCUT2D eigenvalue weighted by Crippen LogP contribution is 2.44. The molecule has 1 aromatic heterocycles. The first-order chi connectivity index (χ1) is 17.0. The summed E-state index contributed by atoms with van der Waals surface area (Å²) in [6.07, 6.45) is -1.46. The molecule has 1 fully saturated rings. The molecule has 8 nitrogen and oxygen atoms in total. The molecule has 5 rings (SSSR count). The number of carbonyl (C=O) groups excluding carboxylic acids is 2. The summed E-state index contributed by atoms with van der Waals surface area (Å²) in [7, 11) is 0. The van der Waals surface area contributed by atoms with Crippen LogP contribution in [0, 0.1) is 0 Å². The Morgan fingerprint density at radius 2 is 1.71 bits per heavy atom. The third kappa shape index (κ3) is 4.65. The van der Waals surface area contributed by atoms with E-state index < -0.39 is 36.2 Å². The van der Waals surface area contributed by atoms with Gasteiger partial charge in [0.05, 0.1) is 6.04 Å². The number of carboxylic acid groups (broad SMARTS) is 1. The molecule has 180 valence electrons. The van der Waals surface area contributed by atoms with Crippen molar-refractivity contribution in [2.24, 2.45) is 0 Å². The molecule has 2 aromatic carbocycles. The number of ether oxygens (including phenoxy) is 2. The van der Waals surface area contributed by atoms with Crippen molar-refractivity contribution in [1.29, 1.82) is 0 Å². The normalized spacial score (nSPS) is 19.4. The number of alkyl carbamates (subject to hydrolysis) is 1. The number of hydrogen-bond acceptors (Lipinski definition) is 6. The Balaban J connectivity index is 1.27. The summed E-state index contributed by atoms with van der Waals surface area (Å²) in [5.41, 5.74) is 4.43. The van der Waals surface area contributed by atoms with Crippen LogP contribution >= 0.6 is 11.3 Å². The second-order valence-corrected chi connectivity index (χ2v) is 9.43. The summed E-state index contributed by atoms with van der Waals surface area (Å²) in [4.78, 5) is 37.9. The Morgan fingerprint density at radius 1 is 1.03 bits per heavy atom. The Bertz CT molecular complexity index is 1200. The molecule has 0 bridgehead atoms. The monoisotopic (exact) mass is 492 g/mol. The van der Waals surface area contributed by atoms with Crippen LogP contribution in [0.15, 0.2) is 66.0 Å². The van der Waals surface area contributed by atoms with Gasteiger partial charge in [-0.2, -0.15) is 0 Å². The van der Waals surface area contributed by atoms with E-state index >= 15 is 0 Å². The van der Waals surface area contributed by atoms with Gasteiger partial charge >= 0.3 is 12.1 Å². The van der Waals surface area contributed by atoms with Crippen molar-refractivity contribution in [3.8, 4) is 11.1 Å². The van der Waals surface area contributed by atoms with Crippen LogP contribution in [-0.4, -0.2) is 48.4 Å². The highest BCUT2D eigenvalue weighted by molar-refractivity contribution is 7.10. The average Bonchev–Trinajstić information content (AvgIpc) is 3.61. The number of hydrogen-bond donors (Lipinski definition) is 3. The van der Waals surface area contributed by atoms with Crippen molar-refractivity contribution in [3.05, 3.63) is 82.0 Å². The van der Waals surface area contributed by atoms with Gasteiger partial charge in [0.1, 0.15) is 12.6 Å². The van der Waals surface area contributed by atoms with Crippen LogP contribution in [0.3, 0.4) is 0 Å². The summed E-state index contributed by atoms with van der Waals surface area (Å²) in [6.45, 7) is 0.363. The number of fused-ring (bicyclic) bond motifs is 3. The number of nitrogens with one attached hydrogen (secondary N) is 2. The van der Waals surface area contributed by atoms with Crippen LogP contribution in [-0.2, 0) is 19.1 Å². The quantitative estimate of drug-likeness (QED) is 0.464. The Kier molecular flexibility index (Phi) is 6.52. The van der Waals surface area contributed by atoms with Crippen molar-refractivity contribution in [2.45, 2.75) is 30.5 Å². The maximum absolute atomic E-state index is 13.1. The fourth-order valence-corrected chi connectivity index (χ4v) is 5.50. The van der Waals surface area contributed by atoms with Gasteiger partial charge in [-0.25, -0.2) is 9.59 Å². The molecule has 35 heavy (non-hydrogen) atoms. The zero-order valence-electron chi connectivity index (χ0n) is 18.7. The van der Waals surface area contributed by atoms with Gasteiger partial charge in [-0.05, 0) is 40.1 Å². The minimum absolute atomic E-state index is 0.103. The number of aliphatic carboxylic acids is 1. The predicted molar refractivity (Wildman–Crippen MR) is 129 cm³/mol. The van der Waals surface area contributed by atoms with Gasteiger partial charge in [0.25, 0.3) is 0 Å². The lowest BCUT2D eigenvalue weighted by atomic mass is 9.98. The number of carbonyl (C=O) groups is 3. The van der Waals surface area contributed by atoms with E-state index in [0.29, 0.717) is 11.3 Å². The lowest BCUT2D eigenvalue weighted by Crippen LogP contribution is -2.48. The second kappa shape index (κ2) is 9.89. The lowest BCUT2D eigenvalue weighted by Gasteiger charge is -2.22. The largest absolute Gasteiger partial charge is 0.479 e. The van der Waals surface area contributed by atoms with Gasteiger partial charge in [-0.1, -0.05) is 54.6 Å². The molecule has 0 radical (unpaired) electrons. The molecule has 3 atom stereocenters. The molecule has 2 aliphatic rings. The molecule has 1 aliphatic heterocycles. The maximum atomic E-state index is 13.1. The molecular formula is C26H24N2O6S. The van der Waals surface area contributed by atoms with Crippen LogP contribution < -0.4 is 10.6 Å². The summed E-state index contributed by atoms with van der Waals surface area (Å²) < 4.78 is 10.8. The highest BCUT2D eigenvalue weighted by Gasteiger charge is 2.37. The van der Waals surface area contributed by atoms with Gasteiger partial charge in [0, 0.05) is 17.4 Å². The maximum Gasteiger partial charge on any atom is 0.408 e. The molecule has 1 aliphatic carbocycles. The van der Waals surface area contributed by atoms with Gasteiger partial charge < -0.3 is 25.2 Å². The van der Waals surface area contributed by atoms with Crippen LogP contribution in [0.5, 0.6) is 0 Å². The van der Waals surface area contributed by atoms with Gasteiger partial charge in [-0.15, -0.1) is 11.3 Å². The van der Waals surface area contributed by atoms with E-state index in [9.17, 15) is 19.5 Å². The zero-order chi connectivity index (χ0) is 24.4. The zero-order valence-corrected chi connectivity index (χ0v) is 19.5. The van der Waals surface area contributed by atoms with Crippen LogP contribution in [0.1, 0.15) is 34.4 Å². The van der Waals surface area contributed by atoms with Gasteiger partial charge in [0.2, 0.25) is 5.91 Å². The number of carboxylic acids is 1. The van der Waals surface area contributed by atoms with Crippen LogP contribution in [0.2, 0.25) is 0 Å². The van der Waals surface area contributed by atoms with Gasteiger partial charge in [-0.3, -0.25) is 4.79 Å². The van der Waals surface area contributed by atoms with E-state index in [2.05, 4.69) is 22.8 Å². The standard InChI is InChI=1S/C26H24N2O6S/c29-24(27-20-11-12-33-23(20)25(30)31)22(21-10-5-13-35-21)28-26(32)34-14-19-17-8-3-1-6-15(17)16-7-2-4-9-18(16)19/h1-10,13,19-20,22-23H,11-12,14H2,(H,27,29)(H,28,32)(H,30,31)/t20-,22?,23+/m1/s1. The third-order valence-electron chi connectivity index (χ3n) is 6.36. The molecule has 1 unspecified atom stereocenters. The molecule has 3 N–H and O–H groups in total. The smallest absolute Gasteiger partial charge is 0.408 e. The van der Waals surface area contributed by atoms with Gasteiger partial charge in [0.15, 0.2) is 6.10 Å². The van der Waals surface area contributed by atoms with Crippen LogP contribution in [0.25, 0.3) is 11.1 Å². The van der Waals surface area contributed by atoms with E-state index in [1.807, 2.05) is 36.4 Å². The molecule has 3 aromatic rings. The van der Waals surface area contributed by atoms with E-state index in [0.717, 1.165) is 22.3 Å².